The van der Waals surface area contributed by atoms with Gasteiger partial charge in [0.1, 0.15) is 29.7 Å². The number of fused-ring (bicyclic) bond motifs is 1. The van der Waals surface area contributed by atoms with Crippen LogP contribution in [0.15, 0.2) is 72.3 Å². The van der Waals surface area contributed by atoms with Crippen LogP contribution < -0.4 is 19.3 Å². The number of ketones is 1. The molecule has 1 saturated heterocycles. The Morgan fingerprint density at radius 3 is 2.57 bits per heavy atom. The van der Waals surface area contributed by atoms with Crippen molar-refractivity contribution in [1.29, 1.82) is 0 Å². The fraction of sp³-hybridized carbons (Fsp3) is 0.185. The lowest BCUT2D eigenvalue weighted by molar-refractivity contribution is -0.132. The van der Waals surface area contributed by atoms with Gasteiger partial charge in [0, 0.05) is 18.3 Å². The fourth-order valence-corrected chi connectivity index (χ4v) is 4.48. The SMILES string of the molecule is COc1ccc(C2/C(=C(/O)c3ccc4c(c3)N(C)CCO4)C(=O)C(=O)N2c2cccc(F)c2)cc1. The molecule has 1 unspecified atom stereocenters. The van der Waals surface area contributed by atoms with Crippen LogP contribution in [-0.4, -0.2) is 44.1 Å². The fourth-order valence-electron chi connectivity index (χ4n) is 4.48. The van der Waals surface area contributed by atoms with Crippen LogP contribution >= 0.6 is 0 Å². The molecule has 1 fully saturated rings. The largest absolute Gasteiger partial charge is 0.507 e. The quantitative estimate of drug-likeness (QED) is 0.345. The third-order valence-electron chi connectivity index (χ3n) is 6.29. The van der Waals surface area contributed by atoms with Crippen LogP contribution in [0.4, 0.5) is 15.8 Å². The molecule has 5 rings (SSSR count). The van der Waals surface area contributed by atoms with Crippen LogP contribution in [0.3, 0.4) is 0 Å². The van der Waals surface area contributed by atoms with Crippen LogP contribution in [0.1, 0.15) is 17.2 Å². The monoisotopic (exact) mass is 474 g/mol. The second kappa shape index (κ2) is 8.79. The number of benzene rings is 3. The van der Waals surface area contributed by atoms with Crippen LogP contribution in [0.25, 0.3) is 5.76 Å². The summed E-state index contributed by atoms with van der Waals surface area (Å²) in [7, 11) is 3.44. The van der Waals surface area contributed by atoms with Gasteiger partial charge in [-0.05, 0) is 54.1 Å². The van der Waals surface area contributed by atoms with E-state index in [-0.39, 0.29) is 17.0 Å². The molecule has 3 aromatic rings. The molecule has 178 valence electrons. The van der Waals surface area contributed by atoms with Crippen molar-refractivity contribution in [2.45, 2.75) is 6.04 Å². The first-order valence-electron chi connectivity index (χ1n) is 11.1. The van der Waals surface area contributed by atoms with Crippen molar-refractivity contribution in [2.24, 2.45) is 0 Å². The zero-order valence-corrected chi connectivity index (χ0v) is 19.2. The molecular weight excluding hydrogens is 451 g/mol. The highest BCUT2D eigenvalue weighted by molar-refractivity contribution is 6.51. The number of carbonyl (C=O) groups excluding carboxylic acids is 2. The molecule has 0 saturated carbocycles. The van der Waals surface area contributed by atoms with Crippen molar-refractivity contribution in [3.63, 3.8) is 0 Å². The summed E-state index contributed by atoms with van der Waals surface area (Å²) in [5, 5.41) is 11.4. The second-order valence-electron chi connectivity index (χ2n) is 8.37. The van der Waals surface area contributed by atoms with Gasteiger partial charge < -0.3 is 19.5 Å². The summed E-state index contributed by atoms with van der Waals surface area (Å²) in [5.74, 6) is -1.30. The molecule has 7 nitrogen and oxygen atoms in total. The minimum absolute atomic E-state index is 0.0799. The molecule has 2 aliphatic rings. The Bertz CT molecular complexity index is 1350. The van der Waals surface area contributed by atoms with Gasteiger partial charge in [0.05, 0.1) is 31.0 Å². The van der Waals surface area contributed by atoms with Crippen molar-refractivity contribution < 1.29 is 28.6 Å². The number of hydrogen-bond donors (Lipinski definition) is 1. The van der Waals surface area contributed by atoms with Crippen molar-refractivity contribution >= 4 is 28.8 Å². The van der Waals surface area contributed by atoms with E-state index in [4.69, 9.17) is 9.47 Å². The molecule has 2 heterocycles. The number of nitrogens with zero attached hydrogens (tertiary/aromatic N) is 2. The molecule has 1 N–H and O–H groups in total. The van der Waals surface area contributed by atoms with Crippen LogP contribution in [0.2, 0.25) is 0 Å². The zero-order valence-electron chi connectivity index (χ0n) is 19.2. The molecule has 0 radical (unpaired) electrons. The summed E-state index contributed by atoms with van der Waals surface area (Å²) >= 11 is 0. The summed E-state index contributed by atoms with van der Waals surface area (Å²) in [6.45, 7) is 1.22. The molecule has 0 bridgehead atoms. The maximum atomic E-state index is 14.1. The van der Waals surface area contributed by atoms with Gasteiger partial charge in [-0.2, -0.15) is 0 Å². The van der Waals surface area contributed by atoms with Crippen molar-refractivity contribution in [3.8, 4) is 11.5 Å². The van der Waals surface area contributed by atoms with Gasteiger partial charge in [-0.25, -0.2) is 4.39 Å². The highest BCUT2D eigenvalue weighted by atomic mass is 19.1. The van der Waals surface area contributed by atoms with E-state index < -0.39 is 23.5 Å². The molecule has 1 amide bonds. The van der Waals surface area contributed by atoms with Crippen molar-refractivity contribution in [1.82, 2.24) is 0 Å². The standard InChI is InChI=1S/C27H23FN2O5/c1-29-12-13-35-22-11-8-17(14-21(22)29)25(31)23-24(16-6-9-20(34-2)10-7-16)30(27(33)26(23)32)19-5-3-4-18(28)15-19/h3-11,14-15,24,31H,12-13H2,1-2H3/b25-23-. The Labute approximate surface area is 201 Å². The van der Waals surface area contributed by atoms with Crippen LogP contribution in [0, 0.1) is 5.82 Å². The summed E-state index contributed by atoms with van der Waals surface area (Å²) < 4.78 is 25.0. The number of hydrogen-bond acceptors (Lipinski definition) is 6. The van der Waals surface area contributed by atoms with Gasteiger partial charge in [0.2, 0.25) is 0 Å². The smallest absolute Gasteiger partial charge is 0.300 e. The summed E-state index contributed by atoms with van der Waals surface area (Å²) in [5.41, 5.74) is 1.83. The van der Waals surface area contributed by atoms with Crippen molar-refractivity contribution in [2.75, 3.05) is 37.1 Å². The minimum Gasteiger partial charge on any atom is -0.507 e. The summed E-state index contributed by atoms with van der Waals surface area (Å²) in [6, 6.07) is 16.4. The Hall–Kier alpha value is -4.33. The first-order valence-corrected chi connectivity index (χ1v) is 11.1. The van der Waals surface area contributed by atoms with Gasteiger partial charge in [0.25, 0.3) is 11.7 Å². The average molecular weight is 474 g/mol. The normalized spacial score (nSPS) is 18.9. The van der Waals surface area contributed by atoms with Gasteiger partial charge in [0.15, 0.2) is 0 Å². The molecule has 3 aromatic carbocycles. The lowest BCUT2D eigenvalue weighted by atomic mass is 9.94. The summed E-state index contributed by atoms with van der Waals surface area (Å²) in [6.07, 6.45) is 0. The minimum atomic E-state index is -0.965. The number of carbonyl (C=O) groups is 2. The molecular formula is C27H23FN2O5. The molecule has 0 aromatic heterocycles. The molecule has 0 aliphatic carbocycles. The number of rotatable bonds is 4. The predicted octanol–water partition coefficient (Wildman–Crippen LogP) is 4.29. The first-order chi connectivity index (χ1) is 16.9. The Kier molecular flexibility index (Phi) is 5.64. The van der Waals surface area contributed by atoms with E-state index in [1.807, 2.05) is 11.9 Å². The Morgan fingerprint density at radius 1 is 1.09 bits per heavy atom. The highest BCUT2D eigenvalue weighted by Gasteiger charge is 2.47. The number of Topliss-reactive ketones (excluding diaryl/α,β-unsaturated/α-hetero) is 1. The number of anilines is 2. The average Bonchev–Trinajstić information content (AvgIpc) is 3.14. The number of ether oxygens (including phenoxy) is 2. The van der Waals surface area contributed by atoms with Gasteiger partial charge >= 0.3 is 0 Å². The van der Waals surface area contributed by atoms with E-state index >= 15 is 0 Å². The molecule has 35 heavy (non-hydrogen) atoms. The zero-order chi connectivity index (χ0) is 24.7. The molecule has 2 aliphatic heterocycles. The third-order valence-corrected chi connectivity index (χ3v) is 6.29. The van der Waals surface area contributed by atoms with E-state index in [2.05, 4.69) is 0 Å². The van der Waals surface area contributed by atoms with Crippen LogP contribution in [-0.2, 0) is 9.59 Å². The van der Waals surface area contributed by atoms with E-state index in [1.165, 1.54) is 30.2 Å². The van der Waals surface area contributed by atoms with Gasteiger partial charge in [-0.3, -0.25) is 14.5 Å². The lowest BCUT2D eigenvalue weighted by Crippen LogP contribution is -2.29. The maximum Gasteiger partial charge on any atom is 0.300 e. The number of aliphatic hydroxyl groups excluding tert-OH is 1. The van der Waals surface area contributed by atoms with Gasteiger partial charge in [-0.15, -0.1) is 0 Å². The topological polar surface area (TPSA) is 79.3 Å². The highest BCUT2D eigenvalue weighted by Crippen LogP contribution is 2.43. The van der Waals surface area contributed by atoms with E-state index in [0.717, 1.165) is 5.69 Å². The Balaban J connectivity index is 1.69. The van der Waals surface area contributed by atoms with E-state index in [9.17, 15) is 19.1 Å². The number of likely N-dealkylation sites (N-methyl/N-ethyl adjacent to an activating group) is 1. The van der Waals surface area contributed by atoms with Crippen molar-refractivity contribution in [3.05, 3.63) is 89.2 Å². The second-order valence-corrected chi connectivity index (χ2v) is 8.37. The summed E-state index contributed by atoms with van der Waals surface area (Å²) in [4.78, 5) is 29.7. The molecule has 8 heteroatoms. The molecule has 1 atom stereocenters. The number of amides is 1. The van der Waals surface area contributed by atoms with Gasteiger partial charge in [-0.1, -0.05) is 18.2 Å². The predicted molar refractivity (Wildman–Crippen MR) is 129 cm³/mol. The lowest BCUT2D eigenvalue weighted by Gasteiger charge is -2.28. The first kappa shape index (κ1) is 22.5. The van der Waals surface area contributed by atoms with E-state index in [0.29, 0.717) is 35.8 Å². The van der Waals surface area contributed by atoms with Crippen LogP contribution in [0.5, 0.6) is 11.5 Å². The third kappa shape index (κ3) is 3.86. The Morgan fingerprint density at radius 2 is 1.86 bits per heavy atom. The number of methoxy groups -OCH3 is 1. The number of halogens is 1. The number of aliphatic hydroxyl groups is 1. The van der Waals surface area contributed by atoms with E-state index in [1.54, 1.807) is 48.5 Å². The molecule has 0 spiro atoms. The maximum absolute atomic E-state index is 14.1.